The summed E-state index contributed by atoms with van der Waals surface area (Å²) < 4.78 is 12.5. The number of carbonyl (C=O) groups excluding carboxylic acids is 2. The molecule has 1 aliphatic heterocycles. The molecule has 5 aromatic rings. The average molecular weight is 562 g/mol. The van der Waals surface area contributed by atoms with Gasteiger partial charge in [-0.1, -0.05) is 55.0 Å². The van der Waals surface area contributed by atoms with Gasteiger partial charge in [0, 0.05) is 32.6 Å². The van der Waals surface area contributed by atoms with Gasteiger partial charge in [-0.05, 0) is 86.1 Å². The lowest BCUT2D eigenvalue weighted by atomic mass is 9.97. The van der Waals surface area contributed by atoms with Gasteiger partial charge in [0.15, 0.2) is 5.78 Å². The quantitative estimate of drug-likeness (QED) is 0.104. The van der Waals surface area contributed by atoms with E-state index in [2.05, 4.69) is 4.90 Å². The summed E-state index contributed by atoms with van der Waals surface area (Å²) in [7, 11) is 0. The molecule has 0 spiro atoms. The van der Waals surface area contributed by atoms with Crippen LogP contribution >= 0.6 is 11.3 Å². The highest BCUT2D eigenvalue weighted by Crippen LogP contribution is 2.41. The third kappa shape index (κ3) is 6.24. The van der Waals surface area contributed by atoms with E-state index >= 15 is 0 Å². The maximum absolute atomic E-state index is 14.0. The Morgan fingerprint density at radius 2 is 1.41 bits per heavy atom. The van der Waals surface area contributed by atoms with Crippen LogP contribution in [0.5, 0.6) is 11.5 Å². The molecule has 2 heterocycles. The number of esters is 1. The van der Waals surface area contributed by atoms with Crippen molar-refractivity contribution in [2.45, 2.75) is 19.3 Å². The van der Waals surface area contributed by atoms with Crippen molar-refractivity contribution in [3.05, 3.63) is 120 Å². The smallest absolute Gasteiger partial charge is 0.343 e. The van der Waals surface area contributed by atoms with E-state index in [9.17, 15) is 9.59 Å². The van der Waals surface area contributed by atoms with Crippen LogP contribution in [0.15, 0.2) is 103 Å². The van der Waals surface area contributed by atoms with Crippen LogP contribution in [0.4, 0.5) is 0 Å². The first-order valence-electron chi connectivity index (χ1n) is 14.0. The van der Waals surface area contributed by atoms with Crippen LogP contribution in [0.1, 0.15) is 45.5 Å². The number of benzene rings is 4. The Morgan fingerprint density at radius 1 is 0.732 bits per heavy atom. The number of likely N-dealkylation sites (tertiary alicyclic amines) is 1. The van der Waals surface area contributed by atoms with Gasteiger partial charge in [-0.25, -0.2) is 4.79 Å². The van der Waals surface area contributed by atoms with Crippen LogP contribution in [0.2, 0.25) is 0 Å². The summed E-state index contributed by atoms with van der Waals surface area (Å²) in [6.45, 7) is 3.85. The number of piperidine rings is 1. The van der Waals surface area contributed by atoms with E-state index < -0.39 is 5.97 Å². The van der Waals surface area contributed by atoms with Gasteiger partial charge in [-0.2, -0.15) is 0 Å². The predicted octanol–water partition coefficient (Wildman–Crippen LogP) is 7.88. The van der Waals surface area contributed by atoms with Crippen LogP contribution in [0.25, 0.3) is 20.5 Å². The fraction of sp³-hybridized carbons (Fsp3) is 0.200. The van der Waals surface area contributed by atoms with E-state index in [0.717, 1.165) is 45.9 Å². The number of ketones is 1. The van der Waals surface area contributed by atoms with Gasteiger partial charge < -0.3 is 9.47 Å². The molecular formula is C35H31NO4S. The number of hydrogen-bond acceptors (Lipinski definition) is 6. The summed E-state index contributed by atoms with van der Waals surface area (Å²) >= 11 is 1.52. The number of thiophene rings is 1. The van der Waals surface area contributed by atoms with Crippen molar-refractivity contribution >= 4 is 33.2 Å². The largest absolute Gasteiger partial charge is 0.492 e. The Labute approximate surface area is 244 Å². The molecular weight excluding hydrogens is 530 g/mol. The first kappa shape index (κ1) is 26.9. The molecule has 0 amide bonds. The van der Waals surface area contributed by atoms with Crippen LogP contribution in [0.3, 0.4) is 0 Å². The zero-order chi connectivity index (χ0) is 28.0. The molecule has 1 aliphatic rings. The summed E-state index contributed by atoms with van der Waals surface area (Å²) in [4.78, 5) is 29.9. The van der Waals surface area contributed by atoms with Crippen molar-refractivity contribution in [2.75, 3.05) is 26.2 Å². The predicted molar refractivity (Wildman–Crippen MR) is 164 cm³/mol. The second kappa shape index (κ2) is 12.5. The second-order valence-corrected chi connectivity index (χ2v) is 11.2. The molecule has 1 saturated heterocycles. The van der Waals surface area contributed by atoms with Gasteiger partial charge in [-0.15, -0.1) is 11.3 Å². The fourth-order valence-corrected chi connectivity index (χ4v) is 6.46. The first-order chi connectivity index (χ1) is 20.2. The standard InChI is InChI=1S/C35H31NO4S/c37-33(25-14-16-28(17-15-25)39-23-22-36-20-8-3-9-21-36)32-30-19-18-29(40-35(38)27-12-6-2-7-13-27)24-31(30)41-34(32)26-10-4-1-5-11-26/h1-2,4-7,10-19,24H,3,8-9,20-23H2. The van der Waals surface area contributed by atoms with Crippen LogP contribution in [-0.2, 0) is 0 Å². The summed E-state index contributed by atoms with van der Waals surface area (Å²) in [5.74, 6) is 0.738. The SMILES string of the molecule is O=C(Oc1ccc2c(C(=O)c3ccc(OCCN4CCCCC4)cc3)c(-c3ccccc3)sc2c1)c1ccccc1. The molecule has 206 valence electrons. The molecule has 1 aromatic heterocycles. The number of rotatable bonds is 9. The van der Waals surface area contributed by atoms with Gasteiger partial charge in [0.1, 0.15) is 18.1 Å². The molecule has 41 heavy (non-hydrogen) atoms. The molecule has 0 saturated carbocycles. The lowest BCUT2D eigenvalue weighted by Gasteiger charge is -2.26. The van der Waals surface area contributed by atoms with E-state index in [1.807, 2.05) is 72.8 Å². The summed E-state index contributed by atoms with van der Waals surface area (Å²) in [6, 6.07) is 31.7. The van der Waals surface area contributed by atoms with E-state index in [1.54, 1.807) is 30.3 Å². The van der Waals surface area contributed by atoms with Crippen molar-refractivity contribution < 1.29 is 19.1 Å². The number of ether oxygens (including phenoxy) is 2. The van der Waals surface area contributed by atoms with Crippen LogP contribution in [0, 0.1) is 0 Å². The maximum Gasteiger partial charge on any atom is 0.343 e. The van der Waals surface area contributed by atoms with Crippen molar-refractivity contribution in [1.29, 1.82) is 0 Å². The Balaban J connectivity index is 1.25. The average Bonchev–Trinajstić information content (AvgIpc) is 3.41. The minimum absolute atomic E-state index is 0.0519. The number of nitrogens with zero attached hydrogens (tertiary/aromatic N) is 1. The molecule has 5 nitrogen and oxygen atoms in total. The zero-order valence-corrected chi connectivity index (χ0v) is 23.6. The lowest BCUT2D eigenvalue weighted by molar-refractivity contribution is 0.0734. The highest BCUT2D eigenvalue weighted by Gasteiger charge is 2.22. The van der Waals surface area contributed by atoms with E-state index in [0.29, 0.717) is 29.0 Å². The van der Waals surface area contributed by atoms with Crippen molar-refractivity contribution in [2.24, 2.45) is 0 Å². The Kier molecular flexibility index (Phi) is 8.21. The molecule has 6 heteroatoms. The molecule has 0 unspecified atom stereocenters. The normalized spacial score (nSPS) is 13.7. The van der Waals surface area contributed by atoms with E-state index in [4.69, 9.17) is 9.47 Å². The minimum atomic E-state index is -0.417. The molecule has 0 radical (unpaired) electrons. The monoisotopic (exact) mass is 561 g/mol. The molecule has 0 bridgehead atoms. The highest BCUT2D eigenvalue weighted by molar-refractivity contribution is 7.22. The molecule has 0 atom stereocenters. The summed E-state index contributed by atoms with van der Waals surface area (Å²) in [5, 5.41) is 0.834. The van der Waals surface area contributed by atoms with Gasteiger partial charge in [0.05, 0.1) is 5.56 Å². The van der Waals surface area contributed by atoms with Gasteiger partial charge in [0.2, 0.25) is 0 Å². The van der Waals surface area contributed by atoms with Crippen LogP contribution < -0.4 is 9.47 Å². The van der Waals surface area contributed by atoms with Crippen molar-refractivity contribution in [3.8, 4) is 21.9 Å². The topological polar surface area (TPSA) is 55.8 Å². The third-order valence-corrected chi connectivity index (χ3v) is 8.59. The summed E-state index contributed by atoms with van der Waals surface area (Å²) in [6.07, 6.45) is 3.85. The molecule has 6 rings (SSSR count). The van der Waals surface area contributed by atoms with Crippen molar-refractivity contribution in [3.63, 3.8) is 0 Å². The molecule has 0 N–H and O–H groups in total. The number of hydrogen-bond donors (Lipinski definition) is 0. The Morgan fingerprint density at radius 3 is 2.15 bits per heavy atom. The third-order valence-electron chi connectivity index (χ3n) is 7.39. The van der Waals surface area contributed by atoms with Gasteiger partial charge in [-0.3, -0.25) is 9.69 Å². The fourth-order valence-electron chi connectivity index (χ4n) is 5.22. The number of fused-ring (bicyclic) bond motifs is 1. The number of carbonyl (C=O) groups is 2. The van der Waals surface area contributed by atoms with Crippen molar-refractivity contribution in [1.82, 2.24) is 4.90 Å². The van der Waals surface area contributed by atoms with Gasteiger partial charge in [0.25, 0.3) is 0 Å². The van der Waals surface area contributed by atoms with E-state index in [1.165, 1.54) is 30.6 Å². The lowest BCUT2D eigenvalue weighted by Crippen LogP contribution is -2.33. The summed E-state index contributed by atoms with van der Waals surface area (Å²) in [5.41, 5.74) is 2.71. The first-order valence-corrected chi connectivity index (χ1v) is 14.9. The van der Waals surface area contributed by atoms with E-state index in [-0.39, 0.29) is 5.78 Å². The molecule has 0 aliphatic carbocycles. The van der Waals surface area contributed by atoms with Crippen LogP contribution in [-0.4, -0.2) is 42.9 Å². The minimum Gasteiger partial charge on any atom is -0.492 e. The van der Waals surface area contributed by atoms with Gasteiger partial charge >= 0.3 is 5.97 Å². The maximum atomic E-state index is 14.0. The molecule has 1 fully saturated rings. The second-order valence-electron chi connectivity index (χ2n) is 10.2. The molecule has 4 aromatic carbocycles. The Hall–Kier alpha value is -4.26. The Bertz CT molecular complexity index is 1640. The zero-order valence-electron chi connectivity index (χ0n) is 22.8. The highest BCUT2D eigenvalue weighted by atomic mass is 32.1.